The molecule has 0 bridgehead atoms. The minimum atomic E-state index is -3.12. The second-order valence-electron chi connectivity index (χ2n) is 3.94. The normalized spacial score (nSPS) is 34.5. The molecule has 5 nitrogen and oxygen atoms in total. The van der Waals surface area contributed by atoms with Crippen LogP contribution in [0.25, 0.3) is 0 Å². The van der Waals surface area contributed by atoms with Crippen LogP contribution in [0.2, 0.25) is 0 Å². The second kappa shape index (κ2) is 3.34. The number of aliphatic carboxylic acids is 1. The Balaban J connectivity index is 2.22. The highest BCUT2D eigenvalue weighted by molar-refractivity contribution is 6.34. The van der Waals surface area contributed by atoms with Crippen LogP contribution in [0, 0.1) is 0 Å². The number of hydrogen-bond donors (Lipinski definition) is 2. The third-order valence-electron chi connectivity index (χ3n) is 2.68. The molecule has 0 saturated carbocycles. The summed E-state index contributed by atoms with van der Waals surface area (Å²) in [6.45, 7) is 0.674. The van der Waals surface area contributed by atoms with Crippen molar-refractivity contribution in [3.05, 3.63) is 0 Å². The summed E-state index contributed by atoms with van der Waals surface area (Å²) in [6.07, 6.45) is -3.11. The van der Waals surface area contributed by atoms with Crippen molar-refractivity contribution in [2.24, 2.45) is 4.99 Å². The van der Waals surface area contributed by atoms with Gasteiger partial charge in [-0.2, -0.15) is 5.01 Å². The highest BCUT2D eigenvalue weighted by Gasteiger charge is 2.54. The molecule has 2 N–H and O–H groups in total. The van der Waals surface area contributed by atoms with E-state index in [0.29, 0.717) is 6.92 Å². The summed E-state index contributed by atoms with van der Waals surface area (Å²) in [5.74, 6) is -5.00. The molecule has 2 heterocycles. The van der Waals surface area contributed by atoms with Gasteiger partial charge in [0, 0.05) is 13.3 Å². The molecule has 2 aliphatic rings. The van der Waals surface area contributed by atoms with Crippen molar-refractivity contribution in [1.82, 2.24) is 10.4 Å². The van der Waals surface area contributed by atoms with E-state index in [9.17, 15) is 18.0 Å². The molecule has 0 amide bonds. The Hall–Kier alpha value is -1.31. The van der Waals surface area contributed by atoms with Gasteiger partial charge in [-0.3, -0.25) is 5.43 Å². The third kappa shape index (κ3) is 1.62. The number of fused-ring (bicyclic) bond motifs is 1. The number of alkyl halides is 3. The molecule has 0 radical (unpaired) electrons. The molecule has 0 aliphatic carbocycles. The van der Waals surface area contributed by atoms with Crippen molar-refractivity contribution in [2.75, 3.05) is 0 Å². The van der Waals surface area contributed by atoms with Crippen LogP contribution in [-0.2, 0) is 4.79 Å². The Kier molecular flexibility index (Phi) is 2.33. The van der Waals surface area contributed by atoms with E-state index < -0.39 is 36.1 Å². The predicted octanol–water partition coefficient (Wildman–Crippen LogP) is 0.381. The summed E-state index contributed by atoms with van der Waals surface area (Å²) in [7, 11) is 0. The van der Waals surface area contributed by atoms with Gasteiger partial charge in [-0.05, 0) is 0 Å². The molecule has 0 aromatic carbocycles. The fourth-order valence-electron chi connectivity index (χ4n) is 1.93. The first-order valence-electron chi connectivity index (χ1n) is 4.68. The molecule has 3 unspecified atom stereocenters. The number of amidine groups is 1. The summed E-state index contributed by atoms with van der Waals surface area (Å²) in [5, 5.41) is 9.50. The first-order chi connectivity index (χ1) is 7.30. The number of carboxylic acids is 1. The number of aliphatic imine (C=N–C) groups is 1. The number of nitrogens with zero attached hydrogens (tertiary/aromatic N) is 2. The monoisotopic (exact) mass is 237 g/mol. The minimum Gasteiger partial charge on any atom is -0.475 e. The lowest BCUT2D eigenvalue weighted by Gasteiger charge is -2.27. The van der Waals surface area contributed by atoms with Crippen molar-refractivity contribution in [3.63, 3.8) is 0 Å². The average Bonchev–Trinajstić information content (AvgIpc) is 2.65. The van der Waals surface area contributed by atoms with Gasteiger partial charge < -0.3 is 5.11 Å². The number of rotatable bonds is 2. The van der Waals surface area contributed by atoms with E-state index in [1.165, 1.54) is 0 Å². The number of halogens is 3. The Bertz CT molecular complexity index is 355. The lowest BCUT2D eigenvalue weighted by Crippen LogP contribution is -2.51. The van der Waals surface area contributed by atoms with Gasteiger partial charge in [-0.25, -0.2) is 23.0 Å². The SMILES string of the molecule is CC(F)(F)C1CC(F)C2N=C(C(=O)O)NN21. The zero-order valence-corrected chi connectivity index (χ0v) is 8.32. The fourth-order valence-corrected chi connectivity index (χ4v) is 1.93. The van der Waals surface area contributed by atoms with Gasteiger partial charge in [-0.15, -0.1) is 0 Å². The van der Waals surface area contributed by atoms with E-state index in [1.54, 1.807) is 0 Å². The molecule has 90 valence electrons. The lowest BCUT2D eigenvalue weighted by molar-refractivity contribution is -0.130. The number of carbonyl (C=O) groups is 1. The van der Waals surface area contributed by atoms with Gasteiger partial charge in [0.25, 0.3) is 5.92 Å². The number of hydrogen-bond acceptors (Lipinski definition) is 4. The maximum Gasteiger partial charge on any atom is 0.372 e. The molecule has 2 aliphatic heterocycles. The van der Waals surface area contributed by atoms with Gasteiger partial charge in [0.2, 0.25) is 5.84 Å². The van der Waals surface area contributed by atoms with Crippen LogP contribution in [-0.4, -0.2) is 46.2 Å². The Morgan fingerprint density at radius 1 is 1.69 bits per heavy atom. The molecule has 16 heavy (non-hydrogen) atoms. The molecule has 8 heteroatoms. The Labute approximate surface area is 88.9 Å². The summed E-state index contributed by atoms with van der Waals surface area (Å²) < 4.78 is 39.6. The van der Waals surface area contributed by atoms with Gasteiger partial charge in [-0.1, -0.05) is 0 Å². The van der Waals surface area contributed by atoms with Crippen LogP contribution in [0.15, 0.2) is 4.99 Å². The smallest absolute Gasteiger partial charge is 0.372 e. The van der Waals surface area contributed by atoms with Crippen LogP contribution in [0.3, 0.4) is 0 Å². The molecule has 1 saturated heterocycles. The molecule has 2 rings (SSSR count). The predicted molar refractivity (Wildman–Crippen MR) is 47.8 cm³/mol. The quantitative estimate of drug-likeness (QED) is 0.728. The molecule has 0 aromatic heterocycles. The average molecular weight is 237 g/mol. The highest BCUT2D eigenvalue weighted by atomic mass is 19.3. The number of carboxylic acid groups (broad SMARTS) is 1. The molecule has 3 atom stereocenters. The maximum absolute atomic E-state index is 13.4. The summed E-state index contributed by atoms with van der Waals surface area (Å²) >= 11 is 0. The maximum atomic E-state index is 13.4. The topological polar surface area (TPSA) is 64.9 Å². The largest absolute Gasteiger partial charge is 0.475 e. The highest BCUT2D eigenvalue weighted by Crippen LogP contribution is 2.37. The van der Waals surface area contributed by atoms with Gasteiger partial charge in [0.1, 0.15) is 6.17 Å². The Morgan fingerprint density at radius 3 is 2.81 bits per heavy atom. The van der Waals surface area contributed by atoms with E-state index in [2.05, 4.69) is 10.4 Å². The van der Waals surface area contributed by atoms with Gasteiger partial charge >= 0.3 is 5.97 Å². The van der Waals surface area contributed by atoms with Crippen LogP contribution in [0.4, 0.5) is 13.2 Å². The van der Waals surface area contributed by atoms with Crippen LogP contribution >= 0.6 is 0 Å². The fraction of sp³-hybridized carbons (Fsp3) is 0.750. The molecule has 0 aromatic rings. The number of nitrogens with one attached hydrogen (secondary N) is 1. The molecular formula is C8H10F3N3O2. The number of hydrazine groups is 1. The van der Waals surface area contributed by atoms with Crippen molar-refractivity contribution in [2.45, 2.75) is 37.6 Å². The molecular weight excluding hydrogens is 227 g/mol. The van der Waals surface area contributed by atoms with Gasteiger partial charge in [0.05, 0.1) is 6.04 Å². The van der Waals surface area contributed by atoms with E-state index in [-0.39, 0.29) is 6.42 Å². The molecule has 1 fully saturated rings. The van der Waals surface area contributed by atoms with Crippen molar-refractivity contribution in [3.8, 4) is 0 Å². The third-order valence-corrected chi connectivity index (χ3v) is 2.68. The summed E-state index contributed by atoms with van der Waals surface area (Å²) in [5.41, 5.74) is 2.20. The van der Waals surface area contributed by atoms with Crippen molar-refractivity contribution < 1.29 is 23.1 Å². The summed E-state index contributed by atoms with van der Waals surface area (Å²) in [6, 6.07) is -1.38. The van der Waals surface area contributed by atoms with Crippen LogP contribution < -0.4 is 5.43 Å². The molecule has 0 spiro atoms. The Morgan fingerprint density at radius 2 is 2.31 bits per heavy atom. The van der Waals surface area contributed by atoms with Crippen LogP contribution in [0.1, 0.15) is 13.3 Å². The van der Waals surface area contributed by atoms with E-state index in [1.807, 2.05) is 0 Å². The van der Waals surface area contributed by atoms with Crippen molar-refractivity contribution >= 4 is 11.8 Å². The lowest BCUT2D eigenvalue weighted by atomic mass is 10.1. The van der Waals surface area contributed by atoms with Crippen molar-refractivity contribution in [1.29, 1.82) is 0 Å². The first kappa shape index (κ1) is 11.2. The van der Waals surface area contributed by atoms with E-state index in [4.69, 9.17) is 5.11 Å². The van der Waals surface area contributed by atoms with Crippen LogP contribution in [0.5, 0.6) is 0 Å². The standard InChI is InChI=1S/C8H10F3N3O2/c1-8(10,11)4-2-3(9)6-12-5(7(15)16)13-14(4)6/h3-4,6H,2H2,1H3,(H,12,13)(H,15,16). The van der Waals surface area contributed by atoms with E-state index in [0.717, 1.165) is 5.01 Å². The van der Waals surface area contributed by atoms with E-state index >= 15 is 0 Å². The zero-order valence-electron chi connectivity index (χ0n) is 8.32. The minimum absolute atomic E-state index is 0.364. The van der Waals surface area contributed by atoms with Gasteiger partial charge in [0.15, 0.2) is 6.17 Å². The zero-order chi connectivity index (χ0) is 12.1. The summed E-state index contributed by atoms with van der Waals surface area (Å²) in [4.78, 5) is 14.1. The first-order valence-corrected chi connectivity index (χ1v) is 4.68. The second-order valence-corrected chi connectivity index (χ2v) is 3.94.